The fourth-order valence-corrected chi connectivity index (χ4v) is 4.33. The van der Waals surface area contributed by atoms with Crippen LogP contribution in [0.4, 0.5) is 0 Å². The first-order valence-electron chi connectivity index (χ1n) is 8.14. The summed E-state index contributed by atoms with van der Waals surface area (Å²) in [6.07, 6.45) is 5.86. The van der Waals surface area contributed by atoms with Crippen molar-refractivity contribution in [3.63, 3.8) is 0 Å². The Kier molecular flexibility index (Phi) is 5.08. The first-order valence-corrected chi connectivity index (χ1v) is 8.96. The number of aromatic nitrogens is 1. The van der Waals surface area contributed by atoms with E-state index < -0.39 is 0 Å². The second-order valence-corrected chi connectivity index (χ2v) is 6.88. The van der Waals surface area contributed by atoms with Crippen molar-refractivity contribution in [1.82, 2.24) is 9.88 Å². The van der Waals surface area contributed by atoms with Crippen molar-refractivity contribution in [2.24, 2.45) is 5.92 Å². The van der Waals surface area contributed by atoms with E-state index in [1.807, 2.05) is 25.1 Å². The first-order chi connectivity index (χ1) is 11.2. The fraction of sp³-hybridized carbons (Fsp3) is 0.444. The number of likely N-dealkylation sites (N-methyl/N-ethyl adjacent to an activating group) is 1. The van der Waals surface area contributed by atoms with Crippen LogP contribution in [0.15, 0.2) is 36.4 Å². The number of allylic oxidation sites excluding steroid dienone is 2. The lowest BCUT2D eigenvalue weighted by Gasteiger charge is -2.31. The van der Waals surface area contributed by atoms with Gasteiger partial charge in [-0.25, -0.2) is 4.98 Å². The van der Waals surface area contributed by atoms with E-state index in [0.29, 0.717) is 13.1 Å². The Bertz CT molecular complexity index is 677. The number of thiazole rings is 1. The topological polar surface area (TPSA) is 53.4 Å². The van der Waals surface area contributed by atoms with E-state index in [1.54, 1.807) is 16.2 Å². The molecule has 1 aliphatic carbocycles. The number of rotatable bonds is 5. The van der Waals surface area contributed by atoms with Crippen LogP contribution in [0.5, 0.6) is 0 Å². The van der Waals surface area contributed by atoms with Crippen LogP contribution in [-0.4, -0.2) is 40.6 Å². The number of fused-ring (bicyclic) bond motifs is 1. The lowest BCUT2D eigenvalue weighted by molar-refractivity contribution is -0.136. The van der Waals surface area contributed by atoms with Crippen molar-refractivity contribution in [3.8, 4) is 0 Å². The van der Waals surface area contributed by atoms with Gasteiger partial charge in [-0.05, 0) is 31.9 Å². The van der Waals surface area contributed by atoms with Crippen LogP contribution in [-0.2, 0) is 4.79 Å². The molecule has 1 aliphatic rings. The maximum atomic E-state index is 12.9. The number of amides is 1. The minimum Gasteiger partial charge on any atom is -0.395 e. The Morgan fingerprint density at radius 2 is 2.13 bits per heavy atom. The Morgan fingerprint density at radius 3 is 2.87 bits per heavy atom. The molecular weight excluding hydrogens is 308 g/mol. The Labute approximate surface area is 140 Å². The Morgan fingerprint density at radius 1 is 1.35 bits per heavy atom. The SMILES string of the molecule is CCN(CCO)C(=O)C1CC=CCC1c1nc2ccccc2s1. The Balaban J connectivity index is 1.89. The molecule has 2 atom stereocenters. The van der Waals surface area contributed by atoms with Gasteiger partial charge in [0, 0.05) is 19.0 Å². The molecule has 0 saturated carbocycles. The number of benzene rings is 1. The van der Waals surface area contributed by atoms with Gasteiger partial charge in [0.1, 0.15) is 0 Å². The van der Waals surface area contributed by atoms with E-state index in [-0.39, 0.29) is 24.3 Å². The number of carbonyl (C=O) groups is 1. The maximum absolute atomic E-state index is 12.9. The maximum Gasteiger partial charge on any atom is 0.226 e. The molecule has 2 unspecified atom stereocenters. The van der Waals surface area contributed by atoms with E-state index in [9.17, 15) is 9.90 Å². The van der Waals surface area contributed by atoms with Gasteiger partial charge < -0.3 is 10.0 Å². The molecule has 1 heterocycles. The van der Waals surface area contributed by atoms with Crippen LogP contribution < -0.4 is 0 Å². The second-order valence-electron chi connectivity index (χ2n) is 5.82. The van der Waals surface area contributed by atoms with Gasteiger partial charge in [0.05, 0.1) is 27.7 Å². The molecule has 0 radical (unpaired) electrons. The van der Waals surface area contributed by atoms with Crippen molar-refractivity contribution in [1.29, 1.82) is 0 Å². The van der Waals surface area contributed by atoms with Crippen molar-refractivity contribution in [2.45, 2.75) is 25.7 Å². The summed E-state index contributed by atoms with van der Waals surface area (Å²) in [5.74, 6) is 0.194. The zero-order valence-corrected chi connectivity index (χ0v) is 14.1. The molecule has 0 spiro atoms. The highest BCUT2D eigenvalue weighted by Crippen LogP contribution is 2.39. The van der Waals surface area contributed by atoms with Crippen molar-refractivity contribution < 1.29 is 9.90 Å². The molecule has 2 aromatic rings. The number of hydrogen-bond donors (Lipinski definition) is 1. The van der Waals surface area contributed by atoms with Crippen LogP contribution in [0.1, 0.15) is 30.7 Å². The molecule has 0 aliphatic heterocycles. The fourth-order valence-electron chi connectivity index (χ4n) is 3.19. The van der Waals surface area contributed by atoms with E-state index in [0.717, 1.165) is 23.4 Å². The summed E-state index contributed by atoms with van der Waals surface area (Å²) in [6, 6.07) is 8.12. The molecule has 0 fully saturated rings. The zero-order valence-electron chi connectivity index (χ0n) is 13.3. The third-order valence-electron chi connectivity index (χ3n) is 4.44. The summed E-state index contributed by atoms with van der Waals surface area (Å²) in [5, 5.41) is 10.2. The minimum atomic E-state index is -0.0768. The molecular formula is C18H22N2O2S. The van der Waals surface area contributed by atoms with E-state index in [2.05, 4.69) is 18.2 Å². The van der Waals surface area contributed by atoms with E-state index in [4.69, 9.17) is 4.98 Å². The zero-order chi connectivity index (χ0) is 16.2. The molecule has 1 N–H and O–H groups in total. The highest BCUT2D eigenvalue weighted by Gasteiger charge is 2.34. The van der Waals surface area contributed by atoms with E-state index >= 15 is 0 Å². The molecule has 1 aromatic carbocycles. The third kappa shape index (κ3) is 3.31. The van der Waals surface area contributed by atoms with Crippen molar-refractivity contribution in [3.05, 3.63) is 41.4 Å². The van der Waals surface area contributed by atoms with Crippen LogP contribution in [0.2, 0.25) is 0 Å². The van der Waals surface area contributed by atoms with Gasteiger partial charge in [0.25, 0.3) is 0 Å². The van der Waals surface area contributed by atoms with Gasteiger partial charge in [-0.1, -0.05) is 24.3 Å². The van der Waals surface area contributed by atoms with Crippen LogP contribution in [0, 0.1) is 5.92 Å². The van der Waals surface area contributed by atoms with E-state index in [1.165, 1.54) is 4.70 Å². The molecule has 122 valence electrons. The molecule has 1 aromatic heterocycles. The van der Waals surface area contributed by atoms with Crippen molar-refractivity contribution in [2.75, 3.05) is 19.7 Å². The predicted octanol–water partition coefficient (Wildman–Crippen LogP) is 3.19. The quantitative estimate of drug-likeness (QED) is 0.857. The molecule has 3 rings (SSSR count). The summed E-state index contributed by atoms with van der Waals surface area (Å²) in [7, 11) is 0. The summed E-state index contributed by atoms with van der Waals surface area (Å²) < 4.78 is 1.17. The van der Waals surface area contributed by atoms with Crippen LogP contribution >= 0.6 is 11.3 Å². The van der Waals surface area contributed by atoms with Gasteiger partial charge in [-0.15, -0.1) is 11.3 Å². The highest BCUT2D eigenvalue weighted by molar-refractivity contribution is 7.18. The average molecular weight is 330 g/mol. The second kappa shape index (κ2) is 7.23. The summed E-state index contributed by atoms with van der Waals surface area (Å²) >= 11 is 1.69. The van der Waals surface area contributed by atoms with Crippen LogP contribution in [0.25, 0.3) is 10.2 Å². The average Bonchev–Trinajstić information content (AvgIpc) is 3.03. The standard InChI is InChI=1S/C18H22N2O2S/c1-2-20(11-12-21)18(22)14-8-4-3-7-13(14)17-19-15-9-5-6-10-16(15)23-17/h3-6,9-10,13-14,21H,2,7-8,11-12H2,1H3. The number of nitrogens with zero attached hydrogens (tertiary/aromatic N) is 2. The molecule has 4 nitrogen and oxygen atoms in total. The number of aliphatic hydroxyl groups excluding tert-OH is 1. The molecule has 5 heteroatoms. The van der Waals surface area contributed by atoms with Crippen molar-refractivity contribution >= 4 is 27.5 Å². The predicted molar refractivity (Wildman–Crippen MR) is 93.6 cm³/mol. The van der Waals surface area contributed by atoms with Gasteiger partial charge in [0.15, 0.2) is 0 Å². The first kappa shape index (κ1) is 16.1. The van der Waals surface area contributed by atoms with Gasteiger partial charge in [0.2, 0.25) is 5.91 Å². The van der Waals surface area contributed by atoms with Gasteiger partial charge in [-0.3, -0.25) is 4.79 Å². The molecule has 23 heavy (non-hydrogen) atoms. The number of aliphatic hydroxyl groups is 1. The molecule has 0 saturated heterocycles. The third-order valence-corrected chi connectivity index (χ3v) is 5.61. The Hall–Kier alpha value is -1.72. The smallest absolute Gasteiger partial charge is 0.226 e. The number of carbonyl (C=O) groups excluding carboxylic acids is 1. The summed E-state index contributed by atoms with van der Waals surface area (Å²) in [5.41, 5.74) is 1.01. The summed E-state index contributed by atoms with van der Waals surface area (Å²) in [6.45, 7) is 3.00. The number of hydrogen-bond acceptors (Lipinski definition) is 4. The number of para-hydroxylation sites is 1. The lowest BCUT2D eigenvalue weighted by Crippen LogP contribution is -2.40. The van der Waals surface area contributed by atoms with Gasteiger partial charge in [-0.2, -0.15) is 0 Å². The largest absolute Gasteiger partial charge is 0.395 e. The molecule has 0 bridgehead atoms. The lowest BCUT2D eigenvalue weighted by atomic mass is 9.82. The normalized spacial score (nSPS) is 20.8. The highest BCUT2D eigenvalue weighted by atomic mass is 32.1. The monoisotopic (exact) mass is 330 g/mol. The minimum absolute atomic E-state index is 0.00788. The summed E-state index contributed by atoms with van der Waals surface area (Å²) in [4.78, 5) is 19.4. The van der Waals surface area contributed by atoms with Gasteiger partial charge >= 0.3 is 0 Å². The molecule has 1 amide bonds. The van der Waals surface area contributed by atoms with Crippen LogP contribution in [0.3, 0.4) is 0 Å².